The summed E-state index contributed by atoms with van der Waals surface area (Å²) in [7, 11) is 1.28. The fourth-order valence-electron chi connectivity index (χ4n) is 2.87. The number of hydrogen-bond donors (Lipinski definition) is 1. The van der Waals surface area contributed by atoms with Gasteiger partial charge in [0, 0.05) is 11.3 Å². The summed E-state index contributed by atoms with van der Waals surface area (Å²) in [5, 5.41) is 7.62. The summed E-state index contributed by atoms with van der Waals surface area (Å²) in [6.45, 7) is -0.279. The molecule has 0 amide bonds. The molecular formula is C20H15F2N5O3S. The van der Waals surface area contributed by atoms with Crippen LogP contribution in [0, 0.1) is 11.6 Å². The van der Waals surface area contributed by atoms with Crippen LogP contribution in [-0.2, 0) is 11.3 Å². The molecule has 1 N–H and O–H groups in total. The van der Waals surface area contributed by atoms with E-state index in [0.29, 0.717) is 16.4 Å². The number of anilines is 2. The zero-order valence-corrected chi connectivity index (χ0v) is 16.9. The third-order valence-electron chi connectivity index (χ3n) is 4.44. The summed E-state index contributed by atoms with van der Waals surface area (Å²) in [5.41, 5.74) is 2.05. The Labute approximate surface area is 178 Å². The van der Waals surface area contributed by atoms with E-state index in [2.05, 4.69) is 15.4 Å². The summed E-state index contributed by atoms with van der Waals surface area (Å²) < 4.78 is 34.7. The maximum absolute atomic E-state index is 13.9. The minimum atomic E-state index is -0.732. The topological polar surface area (TPSA) is 91.0 Å². The lowest BCUT2D eigenvalue weighted by molar-refractivity contribution is 0.0596. The van der Waals surface area contributed by atoms with E-state index >= 15 is 0 Å². The number of benzene rings is 2. The van der Waals surface area contributed by atoms with Crippen molar-refractivity contribution in [1.29, 1.82) is 0 Å². The molecule has 4 rings (SSSR count). The van der Waals surface area contributed by atoms with Gasteiger partial charge in [-0.1, -0.05) is 6.07 Å². The van der Waals surface area contributed by atoms with Crippen molar-refractivity contribution in [2.24, 2.45) is 0 Å². The average Bonchev–Trinajstić information content (AvgIpc) is 3.37. The van der Waals surface area contributed by atoms with Gasteiger partial charge in [0.05, 0.1) is 24.9 Å². The summed E-state index contributed by atoms with van der Waals surface area (Å²) in [6, 6.07) is 10.2. The highest BCUT2D eigenvalue weighted by Gasteiger charge is 2.16. The molecular weight excluding hydrogens is 428 g/mol. The van der Waals surface area contributed by atoms with Gasteiger partial charge < -0.3 is 10.1 Å². The summed E-state index contributed by atoms with van der Waals surface area (Å²) >= 11 is 1.24. The number of esters is 1. The second kappa shape index (κ2) is 8.48. The molecule has 4 aromatic rings. The molecule has 0 fully saturated rings. The number of thiazole rings is 1. The van der Waals surface area contributed by atoms with Crippen molar-refractivity contribution in [3.05, 3.63) is 87.7 Å². The lowest BCUT2D eigenvalue weighted by Crippen LogP contribution is -2.24. The Bertz CT molecular complexity index is 1280. The number of nitrogens with one attached hydrogen (secondary N) is 1. The minimum Gasteiger partial charge on any atom is -0.464 e. The number of methoxy groups -OCH3 is 1. The number of ether oxygens (including phenoxy) is 1. The zero-order valence-electron chi connectivity index (χ0n) is 16.1. The zero-order chi connectivity index (χ0) is 22.0. The SMILES string of the molecule is COC(=O)c1ncsc1Nc1ccc(-n2ncn(Cc3c(F)cccc3F)c2=O)cc1. The van der Waals surface area contributed by atoms with Crippen LogP contribution in [-0.4, -0.2) is 32.4 Å². The van der Waals surface area contributed by atoms with Crippen molar-refractivity contribution >= 4 is 28.0 Å². The molecule has 0 saturated carbocycles. The van der Waals surface area contributed by atoms with E-state index in [0.717, 1.165) is 21.4 Å². The molecule has 2 aromatic heterocycles. The van der Waals surface area contributed by atoms with Gasteiger partial charge in [0.2, 0.25) is 0 Å². The molecule has 0 aliphatic heterocycles. The van der Waals surface area contributed by atoms with Gasteiger partial charge in [0.15, 0.2) is 5.69 Å². The van der Waals surface area contributed by atoms with Gasteiger partial charge in [-0.2, -0.15) is 9.78 Å². The van der Waals surface area contributed by atoms with Crippen molar-refractivity contribution in [2.75, 3.05) is 12.4 Å². The van der Waals surface area contributed by atoms with E-state index in [9.17, 15) is 18.4 Å². The van der Waals surface area contributed by atoms with Crippen LogP contribution in [0.2, 0.25) is 0 Å². The predicted molar refractivity (Wildman–Crippen MR) is 110 cm³/mol. The third-order valence-corrected chi connectivity index (χ3v) is 5.18. The van der Waals surface area contributed by atoms with Gasteiger partial charge in [-0.15, -0.1) is 11.3 Å². The average molecular weight is 443 g/mol. The van der Waals surface area contributed by atoms with E-state index in [-0.39, 0.29) is 17.8 Å². The third kappa shape index (κ3) is 4.08. The minimum absolute atomic E-state index is 0.173. The standard InChI is InChI=1S/C20H15F2N5O3S/c1-30-19(28)17-18(31-11-23-17)25-12-5-7-13(8-6-12)27-20(29)26(10-24-27)9-14-15(21)3-2-4-16(14)22/h2-8,10-11,25H,9H2,1H3. The Morgan fingerprint density at radius 2 is 1.87 bits per heavy atom. The second-order valence-electron chi connectivity index (χ2n) is 6.35. The summed E-state index contributed by atoms with van der Waals surface area (Å²) in [5.74, 6) is -2.02. The molecule has 8 nitrogen and oxygen atoms in total. The van der Waals surface area contributed by atoms with Gasteiger partial charge >= 0.3 is 11.7 Å². The van der Waals surface area contributed by atoms with Crippen LogP contribution in [0.1, 0.15) is 16.1 Å². The van der Waals surface area contributed by atoms with Crippen LogP contribution >= 0.6 is 11.3 Å². The number of carbonyl (C=O) groups is 1. The quantitative estimate of drug-likeness (QED) is 0.460. The molecule has 0 radical (unpaired) electrons. The van der Waals surface area contributed by atoms with Crippen LogP contribution in [0.3, 0.4) is 0 Å². The molecule has 0 spiro atoms. The van der Waals surface area contributed by atoms with Crippen LogP contribution in [0.4, 0.5) is 19.5 Å². The molecule has 0 unspecified atom stereocenters. The molecule has 2 heterocycles. The highest BCUT2D eigenvalue weighted by Crippen LogP contribution is 2.26. The first-order chi connectivity index (χ1) is 15.0. The fraction of sp³-hybridized carbons (Fsp3) is 0.100. The smallest absolute Gasteiger partial charge is 0.359 e. The molecule has 0 saturated heterocycles. The normalized spacial score (nSPS) is 10.8. The van der Waals surface area contributed by atoms with E-state index < -0.39 is 23.3 Å². The lowest BCUT2D eigenvalue weighted by Gasteiger charge is -2.07. The molecule has 31 heavy (non-hydrogen) atoms. The van der Waals surface area contributed by atoms with Crippen LogP contribution < -0.4 is 11.0 Å². The molecule has 0 bridgehead atoms. The Hall–Kier alpha value is -3.86. The van der Waals surface area contributed by atoms with E-state index in [1.165, 1.54) is 36.4 Å². The molecule has 158 valence electrons. The maximum Gasteiger partial charge on any atom is 0.359 e. The first-order valence-electron chi connectivity index (χ1n) is 8.94. The van der Waals surface area contributed by atoms with E-state index in [1.807, 2.05) is 0 Å². The summed E-state index contributed by atoms with van der Waals surface area (Å²) in [4.78, 5) is 28.3. The Balaban J connectivity index is 1.55. The Morgan fingerprint density at radius 3 is 2.55 bits per heavy atom. The van der Waals surface area contributed by atoms with Crippen molar-refractivity contribution in [2.45, 2.75) is 6.54 Å². The number of nitrogens with zero attached hydrogens (tertiary/aromatic N) is 4. The summed E-state index contributed by atoms with van der Waals surface area (Å²) in [6.07, 6.45) is 1.22. The van der Waals surface area contributed by atoms with E-state index in [1.54, 1.807) is 24.3 Å². The molecule has 0 aliphatic carbocycles. The van der Waals surface area contributed by atoms with Gasteiger partial charge in [-0.25, -0.2) is 23.4 Å². The molecule has 0 atom stereocenters. The largest absolute Gasteiger partial charge is 0.464 e. The van der Waals surface area contributed by atoms with Crippen molar-refractivity contribution in [3.8, 4) is 5.69 Å². The highest BCUT2D eigenvalue weighted by atomic mass is 32.1. The number of aromatic nitrogens is 4. The van der Waals surface area contributed by atoms with Crippen LogP contribution in [0.5, 0.6) is 0 Å². The van der Waals surface area contributed by atoms with Crippen molar-refractivity contribution in [3.63, 3.8) is 0 Å². The van der Waals surface area contributed by atoms with Gasteiger partial charge in [-0.05, 0) is 36.4 Å². The van der Waals surface area contributed by atoms with Crippen LogP contribution in [0.25, 0.3) is 5.69 Å². The first-order valence-corrected chi connectivity index (χ1v) is 9.82. The Kier molecular flexibility index (Phi) is 5.58. The first kappa shape index (κ1) is 20.4. The molecule has 0 aliphatic rings. The maximum atomic E-state index is 13.9. The Morgan fingerprint density at radius 1 is 1.16 bits per heavy atom. The van der Waals surface area contributed by atoms with Gasteiger partial charge in [-0.3, -0.25) is 4.57 Å². The van der Waals surface area contributed by atoms with E-state index in [4.69, 9.17) is 4.74 Å². The lowest BCUT2D eigenvalue weighted by atomic mass is 10.2. The van der Waals surface area contributed by atoms with Crippen molar-refractivity contribution < 1.29 is 18.3 Å². The second-order valence-corrected chi connectivity index (χ2v) is 7.20. The number of rotatable bonds is 6. The van der Waals surface area contributed by atoms with Crippen LogP contribution in [0.15, 0.2) is 59.1 Å². The van der Waals surface area contributed by atoms with Gasteiger partial charge in [0.1, 0.15) is 23.0 Å². The molecule has 11 heteroatoms. The number of halogens is 2. The number of hydrogen-bond acceptors (Lipinski definition) is 7. The fourth-order valence-corrected chi connectivity index (χ4v) is 3.56. The molecule has 2 aromatic carbocycles. The van der Waals surface area contributed by atoms with Crippen molar-refractivity contribution in [1.82, 2.24) is 19.3 Å². The predicted octanol–water partition coefficient (Wildman–Crippen LogP) is 3.35. The highest BCUT2D eigenvalue weighted by molar-refractivity contribution is 7.14. The number of carbonyl (C=O) groups excluding carboxylic acids is 1. The monoisotopic (exact) mass is 443 g/mol. The van der Waals surface area contributed by atoms with Gasteiger partial charge in [0.25, 0.3) is 0 Å².